The molecule has 0 aliphatic heterocycles. The summed E-state index contributed by atoms with van der Waals surface area (Å²) in [7, 11) is 0. The molecular formula is C13H20N2O2. The molecule has 1 aromatic rings. The van der Waals surface area contributed by atoms with Gasteiger partial charge in [0, 0.05) is 12.1 Å². The number of carbonyl (C=O) groups is 1. The summed E-state index contributed by atoms with van der Waals surface area (Å²) in [5.41, 5.74) is 6.48. The highest BCUT2D eigenvalue weighted by Gasteiger charge is 2.37. The summed E-state index contributed by atoms with van der Waals surface area (Å²) in [5, 5.41) is 2.89. The van der Waals surface area contributed by atoms with Crippen molar-refractivity contribution >= 4 is 5.91 Å². The largest absolute Gasteiger partial charge is 0.472 e. The Morgan fingerprint density at radius 2 is 2.53 bits per heavy atom. The summed E-state index contributed by atoms with van der Waals surface area (Å²) in [6, 6.07) is 1.84. The predicted molar refractivity (Wildman–Crippen MR) is 65.1 cm³/mol. The van der Waals surface area contributed by atoms with Crippen LogP contribution in [0.15, 0.2) is 23.0 Å². The molecule has 1 amide bonds. The normalized spacial score (nSPS) is 28.9. The lowest BCUT2D eigenvalue weighted by Gasteiger charge is -2.35. The van der Waals surface area contributed by atoms with Crippen LogP contribution in [-0.4, -0.2) is 11.4 Å². The molecule has 4 heteroatoms. The molecule has 1 fully saturated rings. The lowest BCUT2D eigenvalue weighted by atomic mass is 9.76. The molecule has 0 aromatic carbocycles. The Morgan fingerprint density at radius 3 is 3.18 bits per heavy atom. The summed E-state index contributed by atoms with van der Waals surface area (Å²) in [6.07, 6.45) is 7.01. The van der Waals surface area contributed by atoms with Crippen LogP contribution in [0.5, 0.6) is 0 Å². The predicted octanol–water partition coefficient (Wildman–Crippen LogP) is 1.80. The second-order valence-corrected chi connectivity index (χ2v) is 5.17. The van der Waals surface area contributed by atoms with E-state index in [1.807, 2.05) is 6.07 Å². The van der Waals surface area contributed by atoms with Crippen molar-refractivity contribution in [3.8, 4) is 0 Å². The van der Waals surface area contributed by atoms with Gasteiger partial charge in [-0.25, -0.2) is 0 Å². The van der Waals surface area contributed by atoms with Gasteiger partial charge < -0.3 is 15.5 Å². The van der Waals surface area contributed by atoms with Gasteiger partial charge >= 0.3 is 0 Å². The number of carbonyl (C=O) groups excluding carboxylic acids is 1. The van der Waals surface area contributed by atoms with Crippen LogP contribution in [0.2, 0.25) is 0 Å². The van der Waals surface area contributed by atoms with E-state index in [2.05, 4.69) is 12.2 Å². The molecule has 4 nitrogen and oxygen atoms in total. The molecule has 0 saturated heterocycles. The van der Waals surface area contributed by atoms with E-state index in [-0.39, 0.29) is 5.91 Å². The van der Waals surface area contributed by atoms with Gasteiger partial charge in [0.1, 0.15) is 0 Å². The van der Waals surface area contributed by atoms with E-state index in [1.54, 1.807) is 12.5 Å². The second-order valence-electron chi connectivity index (χ2n) is 5.17. The van der Waals surface area contributed by atoms with Gasteiger partial charge in [0.05, 0.1) is 18.1 Å². The zero-order valence-corrected chi connectivity index (χ0v) is 10.2. The molecule has 2 atom stereocenters. The lowest BCUT2D eigenvalue weighted by molar-refractivity contribution is -0.128. The van der Waals surface area contributed by atoms with Gasteiger partial charge in [0.2, 0.25) is 5.91 Å². The first-order valence-electron chi connectivity index (χ1n) is 6.18. The van der Waals surface area contributed by atoms with Gasteiger partial charge in [0.25, 0.3) is 0 Å². The third-order valence-corrected chi connectivity index (χ3v) is 3.52. The maximum absolute atomic E-state index is 12.1. The number of rotatable bonds is 3. The van der Waals surface area contributed by atoms with E-state index in [1.165, 1.54) is 6.42 Å². The lowest BCUT2D eigenvalue weighted by Crippen LogP contribution is -2.56. The smallest absolute Gasteiger partial charge is 0.240 e. The van der Waals surface area contributed by atoms with Crippen LogP contribution in [0.1, 0.15) is 38.2 Å². The van der Waals surface area contributed by atoms with E-state index in [9.17, 15) is 4.79 Å². The molecule has 3 N–H and O–H groups in total. The highest BCUT2D eigenvalue weighted by molar-refractivity contribution is 5.86. The van der Waals surface area contributed by atoms with Crippen molar-refractivity contribution < 1.29 is 9.21 Å². The zero-order chi connectivity index (χ0) is 12.3. The maximum Gasteiger partial charge on any atom is 0.240 e. The summed E-state index contributed by atoms with van der Waals surface area (Å²) in [6.45, 7) is 2.65. The summed E-state index contributed by atoms with van der Waals surface area (Å²) in [5.74, 6) is 0.499. The van der Waals surface area contributed by atoms with Gasteiger partial charge in [-0.3, -0.25) is 4.79 Å². The van der Waals surface area contributed by atoms with Gasteiger partial charge in [0.15, 0.2) is 0 Å². The van der Waals surface area contributed by atoms with E-state index in [4.69, 9.17) is 10.2 Å². The molecule has 1 aliphatic carbocycles. The summed E-state index contributed by atoms with van der Waals surface area (Å²) < 4.78 is 4.95. The van der Waals surface area contributed by atoms with Crippen molar-refractivity contribution in [1.82, 2.24) is 5.32 Å². The van der Waals surface area contributed by atoms with E-state index in [0.717, 1.165) is 24.8 Å². The van der Waals surface area contributed by atoms with E-state index in [0.29, 0.717) is 12.5 Å². The number of furan rings is 1. The Balaban J connectivity index is 1.90. The van der Waals surface area contributed by atoms with Gasteiger partial charge in [-0.05, 0) is 24.8 Å². The Bertz CT molecular complexity index is 375. The zero-order valence-electron chi connectivity index (χ0n) is 10.2. The van der Waals surface area contributed by atoms with Crippen molar-refractivity contribution in [1.29, 1.82) is 0 Å². The number of nitrogens with two attached hydrogens (primary N) is 1. The Hall–Kier alpha value is -1.29. The van der Waals surface area contributed by atoms with Gasteiger partial charge in [-0.2, -0.15) is 0 Å². The third-order valence-electron chi connectivity index (χ3n) is 3.52. The molecule has 2 rings (SSSR count). The highest BCUT2D eigenvalue weighted by atomic mass is 16.3. The molecular weight excluding hydrogens is 216 g/mol. The third kappa shape index (κ3) is 2.88. The van der Waals surface area contributed by atoms with Crippen LogP contribution in [0.4, 0.5) is 0 Å². The van der Waals surface area contributed by atoms with Crippen molar-refractivity contribution in [2.45, 2.75) is 44.7 Å². The molecule has 2 unspecified atom stereocenters. The average Bonchev–Trinajstić information content (AvgIpc) is 2.78. The van der Waals surface area contributed by atoms with Crippen LogP contribution >= 0.6 is 0 Å². The molecule has 0 radical (unpaired) electrons. The fourth-order valence-electron chi connectivity index (χ4n) is 2.55. The molecule has 0 spiro atoms. The Labute approximate surface area is 102 Å². The minimum atomic E-state index is -0.679. The first kappa shape index (κ1) is 12.2. The molecule has 94 valence electrons. The number of nitrogens with one attached hydrogen (secondary N) is 1. The quantitative estimate of drug-likeness (QED) is 0.841. The Kier molecular flexibility index (Phi) is 3.52. The van der Waals surface area contributed by atoms with Gasteiger partial charge in [-0.1, -0.05) is 19.8 Å². The van der Waals surface area contributed by atoms with Crippen molar-refractivity contribution in [2.24, 2.45) is 11.7 Å². The monoisotopic (exact) mass is 236 g/mol. The van der Waals surface area contributed by atoms with Crippen LogP contribution in [0, 0.1) is 5.92 Å². The highest BCUT2D eigenvalue weighted by Crippen LogP contribution is 2.30. The second kappa shape index (κ2) is 4.92. The maximum atomic E-state index is 12.1. The summed E-state index contributed by atoms with van der Waals surface area (Å²) in [4.78, 5) is 12.1. The average molecular weight is 236 g/mol. The fourth-order valence-corrected chi connectivity index (χ4v) is 2.55. The molecule has 1 saturated carbocycles. The van der Waals surface area contributed by atoms with Crippen molar-refractivity contribution in [3.63, 3.8) is 0 Å². The fraction of sp³-hybridized carbons (Fsp3) is 0.615. The first-order valence-corrected chi connectivity index (χ1v) is 6.18. The molecule has 1 aliphatic rings. The number of hydrogen-bond donors (Lipinski definition) is 2. The standard InChI is InChI=1S/C13H20N2O2/c1-10-3-2-5-13(14,7-10)12(16)15-8-11-4-6-17-9-11/h4,6,9-10H,2-3,5,7-8,14H2,1H3,(H,15,16). The molecule has 1 heterocycles. The molecule has 17 heavy (non-hydrogen) atoms. The topological polar surface area (TPSA) is 68.3 Å². The van der Waals surface area contributed by atoms with Crippen LogP contribution < -0.4 is 11.1 Å². The van der Waals surface area contributed by atoms with Crippen molar-refractivity contribution in [3.05, 3.63) is 24.2 Å². The van der Waals surface area contributed by atoms with Crippen LogP contribution in [0.25, 0.3) is 0 Å². The SMILES string of the molecule is CC1CCCC(N)(C(=O)NCc2ccoc2)C1. The molecule has 0 bridgehead atoms. The van der Waals surface area contributed by atoms with Crippen molar-refractivity contribution in [2.75, 3.05) is 0 Å². The van der Waals surface area contributed by atoms with Crippen LogP contribution in [-0.2, 0) is 11.3 Å². The van der Waals surface area contributed by atoms with E-state index < -0.39 is 5.54 Å². The van der Waals surface area contributed by atoms with Crippen LogP contribution in [0.3, 0.4) is 0 Å². The molecule has 1 aromatic heterocycles. The first-order chi connectivity index (χ1) is 8.10. The van der Waals surface area contributed by atoms with Gasteiger partial charge in [-0.15, -0.1) is 0 Å². The number of amides is 1. The Morgan fingerprint density at radius 1 is 1.71 bits per heavy atom. The number of hydrogen-bond acceptors (Lipinski definition) is 3. The summed E-state index contributed by atoms with van der Waals surface area (Å²) >= 11 is 0. The minimum absolute atomic E-state index is 0.0368. The van der Waals surface area contributed by atoms with E-state index >= 15 is 0 Å². The minimum Gasteiger partial charge on any atom is -0.472 e.